The molecule has 0 radical (unpaired) electrons. The van der Waals surface area contributed by atoms with E-state index >= 15 is 0 Å². The topological polar surface area (TPSA) is 9.23 Å². The van der Waals surface area contributed by atoms with Gasteiger partial charge in [-0.1, -0.05) is 0 Å². The average molecular weight is 245 g/mol. The van der Waals surface area contributed by atoms with Gasteiger partial charge in [-0.15, -0.1) is 0 Å². The van der Waals surface area contributed by atoms with Crippen molar-refractivity contribution >= 4 is 11.6 Å². The van der Waals surface area contributed by atoms with E-state index in [0.717, 1.165) is 0 Å². The summed E-state index contributed by atoms with van der Waals surface area (Å²) in [5.41, 5.74) is -2.70. The van der Waals surface area contributed by atoms with Crippen LogP contribution >= 0.6 is 11.6 Å². The first-order chi connectivity index (χ1) is 6.11. The number of halogens is 7. The number of hydrogen-bond acceptors (Lipinski definition) is 1. The molecule has 0 aromatic heterocycles. The zero-order valence-electron chi connectivity index (χ0n) is 7.13. The second-order valence-corrected chi connectivity index (χ2v) is 2.40. The molecule has 0 aliphatic rings. The van der Waals surface area contributed by atoms with Crippen LogP contribution in [0.25, 0.3) is 0 Å². The minimum Gasteiger partial charge on any atom is -0.388 e. The van der Waals surface area contributed by atoms with Gasteiger partial charge in [0.05, 0.1) is 0 Å². The van der Waals surface area contributed by atoms with Gasteiger partial charge in [-0.3, -0.25) is 0 Å². The largest absolute Gasteiger partial charge is 0.421 e. The molecule has 86 valence electrons. The van der Waals surface area contributed by atoms with Gasteiger partial charge in [0.1, 0.15) is 11.9 Å². The zero-order chi connectivity index (χ0) is 12.0. The molecule has 0 aliphatic carbocycles. The monoisotopic (exact) mass is 244 g/mol. The number of ether oxygens (including phenoxy) is 1. The number of rotatable bonds is 1. The van der Waals surface area contributed by atoms with Crippen molar-refractivity contribution in [3.05, 3.63) is 11.9 Å². The first-order valence-corrected chi connectivity index (χ1v) is 3.34. The third-order valence-electron chi connectivity index (χ3n) is 0.720. The maximum absolute atomic E-state index is 11.6. The molecule has 0 amide bonds. The third-order valence-corrected chi connectivity index (χ3v) is 0.924. The molecular formula is C6H7ClF6O. The minimum atomic E-state index is -5.44. The van der Waals surface area contributed by atoms with Gasteiger partial charge in [-0.2, -0.15) is 22.0 Å². The highest BCUT2D eigenvalue weighted by Gasteiger charge is 2.49. The maximum atomic E-state index is 11.6. The fourth-order valence-electron chi connectivity index (χ4n) is 0.284. The molecule has 8 heteroatoms. The van der Waals surface area contributed by atoms with Gasteiger partial charge in [0.15, 0.2) is 0 Å². The molecule has 0 heterocycles. The smallest absolute Gasteiger partial charge is 0.388 e. The van der Waals surface area contributed by atoms with Crippen molar-refractivity contribution in [2.75, 3.05) is 14.2 Å². The van der Waals surface area contributed by atoms with E-state index in [-0.39, 0.29) is 0 Å². The summed E-state index contributed by atoms with van der Waals surface area (Å²) >= 11 is 3.92. The van der Waals surface area contributed by atoms with Crippen molar-refractivity contribution in [2.45, 2.75) is 11.6 Å². The van der Waals surface area contributed by atoms with E-state index in [0.29, 0.717) is 0 Å². The van der Waals surface area contributed by atoms with Crippen LogP contribution in [0.1, 0.15) is 0 Å². The van der Waals surface area contributed by atoms with Gasteiger partial charge < -0.3 is 4.74 Å². The molecule has 0 N–H and O–H groups in total. The lowest BCUT2D eigenvalue weighted by Crippen LogP contribution is -2.24. The van der Waals surface area contributed by atoms with Gasteiger partial charge in [-0.25, -0.2) is 4.39 Å². The fourth-order valence-corrected chi connectivity index (χ4v) is 0.433. The Hall–Kier alpha value is -0.430. The summed E-state index contributed by atoms with van der Waals surface area (Å²) in [6.07, 6.45) is -6.70. The molecule has 0 saturated heterocycles. The maximum Gasteiger partial charge on any atom is 0.421 e. The van der Waals surface area contributed by atoms with Crippen molar-refractivity contribution < 1.29 is 31.1 Å². The van der Waals surface area contributed by atoms with Gasteiger partial charge in [0, 0.05) is 14.2 Å². The van der Waals surface area contributed by atoms with E-state index < -0.39 is 23.5 Å². The lowest BCUT2D eigenvalue weighted by atomic mass is 10.3. The molecule has 0 atom stereocenters. The van der Waals surface area contributed by atoms with Gasteiger partial charge in [-0.05, 0) is 11.6 Å². The summed E-state index contributed by atoms with van der Waals surface area (Å²) in [7, 11) is 3.25. The quantitative estimate of drug-likeness (QED) is 0.507. The second-order valence-electron chi connectivity index (χ2n) is 1.93. The van der Waals surface area contributed by atoms with Crippen molar-refractivity contribution in [1.29, 1.82) is 0 Å². The van der Waals surface area contributed by atoms with Crippen molar-refractivity contribution in [1.82, 2.24) is 0 Å². The highest BCUT2D eigenvalue weighted by Crippen LogP contribution is 2.40. The van der Waals surface area contributed by atoms with E-state index in [9.17, 15) is 26.3 Å². The molecule has 0 fully saturated rings. The van der Waals surface area contributed by atoms with E-state index in [4.69, 9.17) is 0 Å². The Bertz CT molecular complexity index is 166. The third kappa shape index (κ3) is 7.02. The second kappa shape index (κ2) is 6.13. The van der Waals surface area contributed by atoms with Crippen LogP contribution in [0.5, 0.6) is 0 Å². The van der Waals surface area contributed by atoms with Gasteiger partial charge >= 0.3 is 11.6 Å². The Kier molecular flexibility index (Phi) is 7.01. The van der Waals surface area contributed by atoms with Crippen LogP contribution < -0.4 is 0 Å². The van der Waals surface area contributed by atoms with Crippen molar-refractivity contribution in [2.24, 2.45) is 0 Å². The molecule has 0 aliphatic heterocycles. The molecule has 0 spiro atoms. The number of hydrogen-bond donors (Lipinski definition) is 0. The van der Waals surface area contributed by atoms with Gasteiger partial charge in [0.2, 0.25) is 0 Å². The summed E-state index contributed by atoms with van der Waals surface area (Å²) in [4.78, 5) is 0. The van der Waals surface area contributed by atoms with Crippen LogP contribution in [-0.4, -0.2) is 25.8 Å². The minimum absolute atomic E-state index is 1.26. The SMILES string of the molecule is COC.FC=C(C(F)(F)F)C(F)(F)Cl. The van der Waals surface area contributed by atoms with Crippen molar-refractivity contribution in [3.8, 4) is 0 Å². The lowest BCUT2D eigenvalue weighted by molar-refractivity contribution is -0.115. The van der Waals surface area contributed by atoms with Gasteiger partial charge in [0.25, 0.3) is 0 Å². The molecule has 0 rings (SSSR count). The Balaban J connectivity index is 0. The molecular weight excluding hydrogens is 238 g/mol. The molecule has 0 unspecified atom stereocenters. The first-order valence-electron chi connectivity index (χ1n) is 2.96. The standard InChI is InChI=1S/C4HClF6.C2H6O/c5-3(7,8)2(1-6)4(9,10)11;1-3-2/h1H;1-2H3. The first kappa shape index (κ1) is 16.0. The van der Waals surface area contributed by atoms with Crippen LogP contribution in [0, 0.1) is 0 Å². The summed E-state index contributed by atoms with van der Waals surface area (Å²) in [5, 5.41) is -4.72. The Morgan fingerprint density at radius 1 is 1.14 bits per heavy atom. The zero-order valence-corrected chi connectivity index (χ0v) is 7.89. The Morgan fingerprint density at radius 2 is 1.43 bits per heavy atom. The van der Waals surface area contributed by atoms with Crippen LogP contribution in [0.15, 0.2) is 11.9 Å². The molecule has 0 aromatic rings. The van der Waals surface area contributed by atoms with Crippen LogP contribution in [0.3, 0.4) is 0 Å². The number of alkyl halides is 6. The summed E-state index contributed by atoms with van der Waals surface area (Å²) in [5.74, 6) is 0. The summed E-state index contributed by atoms with van der Waals surface area (Å²) < 4.78 is 72.7. The summed E-state index contributed by atoms with van der Waals surface area (Å²) in [6.45, 7) is 0. The summed E-state index contributed by atoms with van der Waals surface area (Å²) in [6, 6.07) is 0. The number of allylic oxidation sites excluding steroid dienone is 1. The normalized spacial score (nSPS) is 13.4. The Labute approximate surface area is 81.3 Å². The van der Waals surface area contributed by atoms with E-state index in [1.165, 1.54) is 0 Å². The lowest BCUT2D eigenvalue weighted by Gasteiger charge is -2.13. The highest BCUT2D eigenvalue weighted by molar-refractivity contribution is 6.23. The van der Waals surface area contributed by atoms with E-state index in [1.807, 2.05) is 0 Å². The van der Waals surface area contributed by atoms with Crippen molar-refractivity contribution in [3.63, 3.8) is 0 Å². The van der Waals surface area contributed by atoms with Crippen LogP contribution in [-0.2, 0) is 4.74 Å². The van der Waals surface area contributed by atoms with E-state index in [1.54, 1.807) is 14.2 Å². The predicted molar refractivity (Wildman–Crippen MR) is 39.0 cm³/mol. The average Bonchev–Trinajstić information content (AvgIpc) is 1.82. The fraction of sp³-hybridized carbons (Fsp3) is 0.667. The Morgan fingerprint density at radius 3 is 1.43 bits per heavy atom. The number of methoxy groups -OCH3 is 1. The molecule has 0 aromatic carbocycles. The molecule has 1 nitrogen and oxygen atoms in total. The van der Waals surface area contributed by atoms with Crippen LogP contribution in [0.4, 0.5) is 26.3 Å². The molecule has 0 bridgehead atoms. The molecule has 14 heavy (non-hydrogen) atoms. The molecule has 0 saturated carbocycles. The van der Waals surface area contributed by atoms with E-state index in [2.05, 4.69) is 16.3 Å². The predicted octanol–water partition coefficient (Wildman–Crippen LogP) is 3.50. The van der Waals surface area contributed by atoms with Crippen LogP contribution in [0.2, 0.25) is 0 Å². The highest BCUT2D eigenvalue weighted by atomic mass is 35.5.